The van der Waals surface area contributed by atoms with Crippen LogP contribution >= 0.6 is 0 Å². The van der Waals surface area contributed by atoms with E-state index in [1.54, 1.807) is 27.7 Å². The van der Waals surface area contributed by atoms with Crippen molar-refractivity contribution in [1.82, 2.24) is 20.1 Å². The lowest BCUT2D eigenvalue weighted by atomic mass is 10.1. The Morgan fingerprint density at radius 1 is 1.22 bits per heavy atom. The highest BCUT2D eigenvalue weighted by Gasteiger charge is 2.38. The summed E-state index contributed by atoms with van der Waals surface area (Å²) in [5.41, 5.74) is 4.83. The number of hydrogen-bond acceptors (Lipinski definition) is 9. The highest BCUT2D eigenvalue weighted by molar-refractivity contribution is 5.97. The number of phenolic OH excluding ortho intramolecular Hbond substituents is 1. The molecule has 0 spiro atoms. The summed E-state index contributed by atoms with van der Waals surface area (Å²) in [6, 6.07) is 1.64. The molecule has 1 fully saturated rings. The third-order valence-corrected chi connectivity index (χ3v) is 6.08. The molecule has 226 valence electrons. The number of carbonyl (C=O) groups excluding carboxylic acids is 3. The van der Waals surface area contributed by atoms with E-state index in [-0.39, 0.29) is 36.0 Å². The number of alkyl halides is 2. The number of oxazole rings is 1. The lowest BCUT2D eigenvalue weighted by Gasteiger charge is -2.40. The number of carbonyl (C=O) groups is 3. The largest absolute Gasteiger partial charge is 0.504 e. The molecule has 41 heavy (non-hydrogen) atoms. The van der Waals surface area contributed by atoms with E-state index in [0.717, 1.165) is 18.7 Å². The molecule has 3 amide bonds. The lowest BCUT2D eigenvalue weighted by molar-refractivity contribution is -0.124. The van der Waals surface area contributed by atoms with Gasteiger partial charge in [0, 0.05) is 31.7 Å². The molecule has 1 aliphatic heterocycles. The monoisotopic (exact) mass is 581 g/mol. The Morgan fingerprint density at radius 3 is 2.46 bits per heavy atom. The van der Waals surface area contributed by atoms with Crippen molar-refractivity contribution in [1.29, 1.82) is 0 Å². The van der Waals surface area contributed by atoms with Gasteiger partial charge in [-0.05, 0) is 51.8 Å². The number of ether oxygens (including phenoxy) is 2. The number of nitrogens with one attached hydrogen (secondary N) is 1. The maximum Gasteiger partial charge on any atom is 0.408 e. The van der Waals surface area contributed by atoms with E-state index in [1.165, 1.54) is 11.0 Å². The Hall–Kier alpha value is -3.94. The summed E-state index contributed by atoms with van der Waals surface area (Å²) >= 11 is 0. The number of phenols is 1. The fourth-order valence-electron chi connectivity index (χ4n) is 4.44. The van der Waals surface area contributed by atoms with Crippen LogP contribution in [0.4, 0.5) is 13.6 Å². The molecule has 0 saturated carbocycles. The van der Waals surface area contributed by atoms with Crippen molar-refractivity contribution in [3.8, 4) is 23.0 Å². The number of aromatic hydroxyl groups is 1. The molecule has 0 radical (unpaired) electrons. The minimum Gasteiger partial charge on any atom is -0.504 e. The van der Waals surface area contributed by atoms with Crippen molar-refractivity contribution in [2.75, 3.05) is 26.2 Å². The summed E-state index contributed by atoms with van der Waals surface area (Å²) < 4.78 is 40.7. The topological polar surface area (TPSA) is 160 Å². The maximum absolute atomic E-state index is 13.9. The summed E-state index contributed by atoms with van der Waals surface area (Å²) in [6.45, 7) is 9.21. The second-order valence-corrected chi connectivity index (χ2v) is 11.2. The number of benzene rings is 1. The van der Waals surface area contributed by atoms with Crippen molar-refractivity contribution in [3.05, 3.63) is 29.7 Å². The van der Waals surface area contributed by atoms with Crippen LogP contribution in [0.1, 0.15) is 63.8 Å². The van der Waals surface area contributed by atoms with Gasteiger partial charge in [0.1, 0.15) is 11.6 Å². The van der Waals surface area contributed by atoms with E-state index in [9.17, 15) is 28.3 Å². The number of hydrogen-bond donors (Lipinski definition) is 3. The van der Waals surface area contributed by atoms with Crippen molar-refractivity contribution in [3.63, 3.8) is 0 Å². The second-order valence-electron chi connectivity index (χ2n) is 11.2. The van der Waals surface area contributed by atoms with Gasteiger partial charge in [0.25, 0.3) is 5.91 Å². The molecule has 2 atom stereocenters. The van der Waals surface area contributed by atoms with Gasteiger partial charge in [0.05, 0.1) is 6.04 Å². The highest BCUT2D eigenvalue weighted by Crippen LogP contribution is 2.34. The minimum absolute atomic E-state index is 0.0453. The molecule has 12 nitrogen and oxygen atoms in total. The van der Waals surface area contributed by atoms with Crippen molar-refractivity contribution in [2.45, 2.75) is 65.8 Å². The smallest absolute Gasteiger partial charge is 0.408 e. The van der Waals surface area contributed by atoms with Gasteiger partial charge in [0.2, 0.25) is 11.8 Å². The van der Waals surface area contributed by atoms with E-state index in [0.29, 0.717) is 12.5 Å². The van der Waals surface area contributed by atoms with Gasteiger partial charge < -0.3 is 34.9 Å². The van der Waals surface area contributed by atoms with Gasteiger partial charge in [-0.1, -0.05) is 13.8 Å². The van der Waals surface area contributed by atoms with Crippen LogP contribution in [0.2, 0.25) is 0 Å². The normalized spacial score (nSPS) is 17.0. The predicted molar refractivity (Wildman–Crippen MR) is 143 cm³/mol. The summed E-state index contributed by atoms with van der Waals surface area (Å²) in [4.78, 5) is 46.4. The first kappa shape index (κ1) is 31.6. The van der Waals surface area contributed by atoms with E-state index in [2.05, 4.69) is 19.9 Å². The van der Waals surface area contributed by atoms with Crippen molar-refractivity contribution >= 4 is 17.9 Å². The molecule has 1 aromatic carbocycles. The van der Waals surface area contributed by atoms with Crippen molar-refractivity contribution in [2.24, 2.45) is 11.7 Å². The average molecular weight is 582 g/mol. The molecular formula is C27H37F2N5O7. The van der Waals surface area contributed by atoms with Gasteiger partial charge in [-0.3, -0.25) is 14.5 Å². The van der Waals surface area contributed by atoms with E-state index in [4.69, 9.17) is 14.9 Å². The van der Waals surface area contributed by atoms with E-state index >= 15 is 0 Å². The maximum atomic E-state index is 13.9. The van der Waals surface area contributed by atoms with Crippen LogP contribution in [0, 0.1) is 5.92 Å². The lowest BCUT2D eigenvalue weighted by Crippen LogP contribution is -2.60. The van der Waals surface area contributed by atoms with Gasteiger partial charge in [-0.2, -0.15) is 8.78 Å². The molecule has 1 aromatic heterocycles. The molecule has 14 heteroatoms. The first-order chi connectivity index (χ1) is 19.1. The average Bonchev–Trinajstić information content (AvgIpc) is 3.28. The summed E-state index contributed by atoms with van der Waals surface area (Å²) in [5.74, 6) is -2.26. The molecule has 4 N–H and O–H groups in total. The first-order valence-electron chi connectivity index (χ1n) is 13.2. The summed E-state index contributed by atoms with van der Waals surface area (Å²) in [7, 11) is 0. The van der Waals surface area contributed by atoms with E-state index in [1.807, 2.05) is 13.8 Å². The third kappa shape index (κ3) is 8.28. The number of amides is 3. The Kier molecular flexibility index (Phi) is 9.79. The van der Waals surface area contributed by atoms with Crippen LogP contribution in [0.5, 0.6) is 11.5 Å². The molecule has 0 bridgehead atoms. The fraction of sp³-hybridized carbons (Fsp3) is 0.556. The van der Waals surface area contributed by atoms with Crippen LogP contribution in [-0.2, 0) is 9.53 Å². The van der Waals surface area contributed by atoms with Gasteiger partial charge in [0.15, 0.2) is 23.0 Å². The van der Waals surface area contributed by atoms with Crippen LogP contribution in [0.25, 0.3) is 11.5 Å². The Labute approximate surface area is 236 Å². The number of primary amides is 1. The van der Waals surface area contributed by atoms with Gasteiger partial charge in [-0.15, -0.1) is 0 Å². The fourth-order valence-corrected chi connectivity index (χ4v) is 4.44. The number of halogens is 2. The zero-order chi connectivity index (χ0) is 30.6. The number of rotatable bonds is 9. The third-order valence-electron chi connectivity index (χ3n) is 6.08. The SMILES string of the molecule is CC(C)CN1CCN(C(=O)c2nc(-c3ccc(OC(F)F)c(O)c3)oc2[C@H](C)NC(=O)OC(C)(C)C)C(C(N)=O)C1. The van der Waals surface area contributed by atoms with Gasteiger partial charge >= 0.3 is 12.7 Å². The number of piperazine rings is 1. The molecule has 1 aliphatic rings. The summed E-state index contributed by atoms with van der Waals surface area (Å²) in [6.07, 6.45) is -0.773. The number of aromatic nitrogens is 1. The molecular weight excluding hydrogens is 544 g/mol. The molecule has 2 aromatic rings. The Balaban J connectivity index is 2.00. The molecule has 1 unspecified atom stereocenters. The Bertz CT molecular complexity index is 1260. The van der Waals surface area contributed by atoms with Gasteiger partial charge in [-0.25, -0.2) is 9.78 Å². The molecule has 1 saturated heterocycles. The van der Waals surface area contributed by atoms with Crippen LogP contribution < -0.4 is 15.8 Å². The molecule has 0 aliphatic carbocycles. The first-order valence-corrected chi connectivity index (χ1v) is 13.2. The number of alkyl carbamates (subject to hydrolysis) is 1. The zero-order valence-electron chi connectivity index (χ0n) is 23.9. The number of nitrogens with two attached hydrogens (primary N) is 1. The molecule has 3 rings (SSSR count). The van der Waals surface area contributed by atoms with Crippen LogP contribution in [0.15, 0.2) is 22.6 Å². The quantitative estimate of drug-likeness (QED) is 0.403. The van der Waals surface area contributed by atoms with Crippen LogP contribution in [0.3, 0.4) is 0 Å². The van der Waals surface area contributed by atoms with E-state index < -0.39 is 53.7 Å². The standard InChI is InChI=1S/C27H37F2N5O7/c1-14(2)12-33-9-10-34(17(13-33)22(30)36)24(37)20-21(15(3)31-26(38)41-27(4,5)6)40-23(32-20)16-7-8-19(18(35)11-16)39-25(28)29/h7-8,11,14-15,17,25,35H,9-10,12-13H2,1-6H3,(H2,30,36)(H,31,38)/t15-,17?/m0/s1. The summed E-state index contributed by atoms with van der Waals surface area (Å²) in [5, 5.41) is 12.8. The number of nitrogens with zero attached hydrogens (tertiary/aromatic N) is 3. The highest BCUT2D eigenvalue weighted by atomic mass is 19.3. The van der Waals surface area contributed by atoms with Crippen molar-refractivity contribution < 1.29 is 42.2 Å². The van der Waals surface area contributed by atoms with Crippen LogP contribution in [-0.4, -0.2) is 82.2 Å². The second kappa shape index (κ2) is 12.7. The minimum atomic E-state index is -3.15. The predicted octanol–water partition coefficient (Wildman–Crippen LogP) is 3.50. The molecule has 2 heterocycles. The Morgan fingerprint density at radius 2 is 1.90 bits per heavy atom. The zero-order valence-corrected chi connectivity index (χ0v) is 23.9.